The van der Waals surface area contributed by atoms with E-state index in [1.54, 1.807) is 12.4 Å². The standard InChI is InChI=1S/C24H26F3N7/c1-13-30-21-19(25)7-14(8-20(21)34(13)16-3-5-33(2)6-4-16)17-11-28-22-18(17)12-29-23(32-22)31-15-9-24(26,27)10-15/h7-8,11-12,15-16H,3-6,9-10H2,1-2H3,(H2,28,29,31,32). The molecule has 0 spiro atoms. The van der Waals surface area contributed by atoms with E-state index >= 15 is 4.39 Å². The van der Waals surface area contributed by atoms with Gasteiger partial charge >= 0.3 is 0 Å². The highest BCUT2D eigenvalue weighted by molar-refractivity contribution is 5.96. The average Bonchev–Trinajstić information content (AvgIpc) is 3.34. The Morgan fingerprint density at radius 3 is 2.65 bits per heavy atom. The second-order valence-electron chi connectivity index (χ2n) is 9.65. The van der Waals surface area contributed by atoms with E-state index in [2.05, 4.69) is 41.8 Å². The van der Waals surface area contributed by atoms with Gasteiger partial charge in [0.05, 0.1) is 5.52 Å². The zero-order valence-corrected chi connectivity index (χ0v) is 19.1. The molecule has 0 unspecified atom stereocenters. The quantitative estimate of drug-likeness (QED) is 0.445. The van der Waals surface area contributed by atoms with Gasteiger partial charge in [0, 0.05) is 48.3 Å². The van der Waals surface area contributed by atoms with Crippen LogP contribution < -0.4 is 5.32 Å². The average molecular weight is 470 g/mol. The maximum Gasteiger partial charge on any atom is 0.252 e. The fourth-order valence-corrected chi connectivity index (χ4v) is 5.30. The van der Waals surface area contributed by atoms with Gasteiger partial charge in [-0.25, -0.2) is 23.1 Å². The summed E-state index contributed by atoms with van der Waals surface area (Å²) in [6.45, 7) is 3.94. The maximum absolute atomic E-state index is 15.2. The van der Waals surface area contributed by atoms with Crippen LogP contribution in [0.15, 0.2) is 24.5 Å². The molecule has 2 aliphatic rings. The lowest BCUT2D eigenvalue weighted by Gasteiger charge is -2.35. The van der Waals surface area contributed by atoms with E-state index < -0.39 is 5.92 Å². The van der Waals surface area contributed by atoms with Crippen molar-refractivity contribution in [2.24, 2.45) is 0 Å². The highest BCUT2D eigenvalue weighted by Gasteiger charge is 2.45. The summed E-state index contributed by atoms with van der Waals surface area (Å²) in [4.78, 5) is 18.7. The van der Waals surface area contributed by atoms with Crippen LogP contribution in [0.2, 0.25) is 0 Å². The zero-order chi connectivity index (χ0) is 23.6. The molecule has 1 saturated carbocycles. The van der Waals surface area contributed by atoms with Crippen molar-refractivity contribution in [1.29, 1.82) is 0 Å². The number of H-pyrrole nitrogens is 1. The Hall–Kier alpha value is -3.14. The summed E-state index contributed by atoms with van der Waals surface area (Å²) in [6.07, 6.45) is 5.00. The largest absolute Gasteiger partial charge is 0.351 e. The Balaban J connectivity index is 1.35. The van der Waals surface area contributed by atoms with Gasteiger partial charge in [-0.1, -0.05) is 0 Å². The minimum absolute atomic E-state index is 0.214. The summed E-state index contributed by atoms with van der Waals surface area (Å²) in [5.41, 5.74) is 3.25. The number of likely N-dealkylation sites (tertiary alicyclic amines) is 1. The molecule has 1 aromatic carbocycles. The molecule has 0 atom stereocenters. The Morgan fingerprint density at radius 2 is 1.91 bits per heavy atom. The topological polar surface area (TPSA) is 74.7 Å². The molecular formula is C24H26F3N7. The lowest BCUT2D eigenvalue weighted by molar-refractivity contribution is -0.0794. The number of alkyl halides is 2. The lowest BCUT2D eigenvalue weighted by Crippen LogP contribution is -2.44. The predicted octanol–water partition coefficient (Wildman–Crippen LogP) is 4.90. The lowest BCUT2D eigenvalue weighted by atomic mass is 9.88. The van der Waals surface area contributed by atoms with Crippen LogP contribution in [0.25, 0.3) is 33.2 Å². The number of nitrogens with zero attached hydrogens (tertiary/aromatic N) is 5. The number of anilines is 1. The number of halogens is 3. The van der Waals surface area contributed by atoms with Crippen LogP contribution >= 0.6 is 0 Å². The van der Waals surface area contributed by atoms with Crippen molar-refractivity contribution in [1.82, 2.24) is 29.4 Å². The first-order chi connectivity index (χ1) is 16.3. The number of benzene rings is 1. The van der Waals surface area contributed by atoms with E-state index in [1.807, 2.05) is 13.0 Å². The van der Waals surface area contributed by atoms with Crippen molar-refractivity contribution in [3.8, 4) is 11.1 Å². The summed E-state index contributed by atoms with van der Waals surface area (Å²) < 4.78 is 43.6. The molecule has 10 heteroatoms. The predicted molar refractivity (Wildman–Crippen MR) is 125 cm³/mol. The number of aromatic amines is 1. The second-order valence-corrected chi connectivity index (χ2v) is 9.65. The van der Waals surface area contributed by atoms with Crippen LogP contribution in [-0.4, -0.2) is 61.5 Å². The van der Waals surface area contributed by atoms with E-state index in [0.29, 0.717) is 22.7 Å². The summed E-state index contributed by atoms with van der Waals surface area (Å²) in [5.74, 6) is -1.84. The van der Waals surface area contributed by atoms with Gasteiger partial charge in [0.25, 0.3) is 5.92 Å². The number of rotatable bonds is 4. The van der Waals surface area contributed by atoms with Gasteiger partial charge in [-0.15, -0.1) is 0 Å². The van der Waals surface area contributed by atoms with E-state index in [4.69, 9.17) is 0 Å². The third-order valence-electron chi connectivity index (χ3n) is 7.14. The van der Waals surface area contributed by atoms with Crippen LogP contribution in [0.1, 0.15) is 37.5 Å². The smallest absolute Gasteiger partial charge is 0.252 e. The second kappa shape index (κ2) is 7.69. The van der Waals surface area contributed by atoms with Gasteiger partial charge in [-0.3, -0.25) is 0 Å². The number of imidazole rings is 1. The normalized spacial score (nSPS) is 19.7. The molecule has 34 heavy (non-hydrogen) atoms. The van der Waals surface area contributed by atoms with E-state index in [-0.39, 0.29) is 30.7 Å². The fourth-order valence-electron chi connectivity index (χ4n) is 5.30. The molecule has 4 aromatic rings. The van der Waals surface area contributed by atoms with Crippen LogP contribution in [-0.2, 0) is 0 Å². The number of nitrogens with one attached hydrogen (secondary N) is 2. The minimum atomic E-state index is -2.61. The molecule has 2 N–H and O–H groups in total. The molecule has 4 heterocycles. The van der Waals surface area contributed by atoms with Gasteiger partial charge in [0.2, 0.25) is 5.95 Å². The Bertz CT molecular complexity index is 1380. The number of aromatic nitrogens is 5. The first-order valence-corrected chi connectivity index (χ1v) is 11.6. The van der Waals surface area contributed by atoms with Gasteiger partial charge in [-0.05, 0) is 57.6 Å². The highest BCUT2D eigenvalue weighted by Crippen LogP contribution is 2.39. The molecule has 0 radical (unpaired) electrons. The van der Waals surface area contributed by atoms with E-state index in [9.17, 15) is 8.78 Å². The number of hydrogen-bond donors (Lipinski definition) is 2. The van der Waals surface area contributed by atoms with Crippen molar-refractivity contribution in [3.05, 3.63) is 36.2 Å². The van der Waals surface area contributed by atoms with Gasteiger partial charge < -0.3 is 19.8 Å². The van der Waals surface area contributed by atoms with Crippen molar-refractivity contribution in [3.63, 3.8) is 0 Å². The van der Waals surface area contributed by atoms with Gasteiger partial charge in [0.1, 0.15) is 17.0 Å². The molecule has 0 bridgehead atoms. The zero-order valence-electron chi connectivity index (χ0n) is 19.1. The summed E-state index contributed by atoms with van der Waals surface area (Å²) >= 11 is 0. The minimum Gasteiger partial charge on any atom is -0.351 e. The molecule has 0 amide bonds. The van der Waals surface area contributed by atoms with Gasteiger partial charge in [-0.2, -0.15) is 4.98 Å². The van der Waals surface area contributed by atoms with Crippen LogP contribution in [0, 0.1) is 12.7 Å². The summed E-state index contributed by atoms with van der Waals surface area (Å²) in [5, 5.41) is 3.70. The van der Waals surface area contributed by atoms with Gasteiger partial charge in [0.15, 0.2) is 5.82 Å². The Labute approximate surface area is 194 Å². The molecule has 3 aromatic heterocycles. The third-order valence-corrected chi connectivity index (χ3v) is 7.14. The highest BCUT2D eigenvalue weighted by atomic mass is 19.3. The first kappa shape index (κ1) is 21.4. The number of fused-ring (bicyclic) bond motifs is 2. The summed E-state index contributed by atoms with van der Waals surface area (Å²) in [6, 6.07) is 3.44. The SMILES string of the molecule is Cc1nc2c(F)cc(-c3c[nH]c4nc(NC5CC(F)(F)C5)ncc34)cc2n1C1CCN(C)CC1. The Morgan fingerprint density at radius 1 is 1.15 bits per heavy atom. The van der Waals surface area contributed by atoms with E-state index in [1.165, 1.54) is 6.07 Å². The molecule has 1 aliphatic heterocycles. The van der Waals surface area contributed by atoms with E-state index in [0.717, 1.165) is 48.2 Å². The molecular weight excluding hydrogens is 443 g/mol. The van der Waals surface area contributed by atoms with Crippen molar-refractivity contribution < 1.29 is 13.2 Å². The fraction of sp³-hybridized carbons (Fsp3) is 0.458. The van der Waals surface area contributed by atoms with Crippen molar-refractivity contribution >= 4 is 28.0 Å². The molecule has 178 valence electrons. The third kappa shape index (κ3) is 3.60. The number of hydrogen-bond acceptors (Lipinski definition) is 5. The van der Waals surface area contributed by atoms with Crippen molar-refractivity contribution in [2.75, 3.05) is 25.5 Å². The molecule has 1 saturated heterocycles. The van der Waals surface area contributed by atoms with Crippen LogP contribution in [0.4, 0.5) is 19.1 Å². The van der Waals surface area contributed by atoms with Crippen LogP contribution in [0.3, 0.4) is 0 Å². The molecule has 6 rings (SSSR count). The number of aryl methyl sites for hydroxylation is 1. The van der Waals surface area contributed by atoms with Crippen LogP contribution in [0.5, 0.6) is 0 Å². The Kier molecular flexibility index (Phi) is 4.84. The molecule has 1 aliphatic carbocycles. The number of piperidine rings is 1. The van der Waals surface area contributed by atoms with Crippen molar-refractivity contribution in [2.45, 2.75) is 50.6 Å². The maximum atomic E-state index is 15.2. The monoisotopic (exact) mass is 469 g/mol. The summed E-state index contributed by atoms with van der Waals surface area (Å²) in [7, 11) is 2.12. The molecule has 7 nitrogen and oxygen atoms in total. The molecule has 2 fully saturated rings. The first-order valence-electron chi connectivity index (χ1n) is 11.6.